The lowest BCUT2D eigenvalue weighted by Gasteiger charge is -2.03. The molecule has 1 heterocycles. The molecule has 1 aromatic heterocycles. The third-order valence-corrected chi connectivity index (χ3v) is 3.54. The number of carbonyl (C=O) groups is 1. The lowest BCUT2D eigenvalue weighted by molar-refractivity contribution is -0.384. The van der Waals surface area contributed by atoms with Crippen LogP contribution in [0.4, 0.5) is 5.69 Å². The second-order valence-corrected chi connectivity index (χ2v) is 5.36. The Morgan fingerprint density at radius 2 is 2.07 bits per heavy atom. The van der Waals surface area contributed by atoms with Crippen LogP contribution in [0.15, 0.2) is 52.1 Å². The fraction of sp³-hybridized carbons (Fsp3) is 0.0588. The van der Waals surface area contributed by atoms with E-state index in [9.17, 15) is 20.0 Å². The first-order chi connectivity index (χ1) is 13.5. The molecule has 11 heteroatoms. The van der Waals surface area contributed by atoms with Gasteiger partial charge in [-0.2, -0.15) is 10.1 Å². The predicted octanol–water partition coefficient (Wildman–Crippen LogP) is 2.12. The van der Waals surface area contributed by atoms with Crippen LogP contribution in [0.5, 0.6) is 11.5 Å². The molecule has 0 spiro atoms. The van der Waals surface area contributed by atoms with Gasteiger partial charge in [0, 0.05) is 17.7 Å². The van der Waals surface area contributed by atoms with E-state index in [0.29, 0.717) is 11.1 Å². The minimum absolute atomic E-state index is 0.0201. The molecule has 0 radical (unpaired) electrons. The molecule has 0 unspecified atom stereocenters. The van der Waals surface area contributed by atoms with Crippen molar-refractivity contribution >= 4 is 17.8 Å². The lowest BCUT2D eigenvalue weighted by atomic mass is 10.2. The number of nitrogens with one attached hydrogen (secondary N) is 1. The Balaban J connectivity index is 1.66. The number of nitrogens with zero attached hydrogens (tertiary/aromatic N) is 4. The molecular weight excluding hydrogens is 370 g/mol. The second-order valence-electron chi connectivity index (χ2n) is 5.36. The maximum absolute atomic E-state index is 12.0. The summed E-state index contributed by atoms with van der Waals surface area (Å²) in [4.78, 5) is 26.1. The van der Waals surface area contributed by atoms with E-state index in [1.807, 2.05) is 0 Å². The van der Waals surface area contributed by atoms with Gasteiger partial charge in [0.1, 0.15) is 0 Å². The SMILES string of the molecule is COc1cc(/C=N/NC(=O)c2nc(-c3ccc([N+](=O)[O-])cc3)no2)ccc1O. The van der Waals surface area contributed by atoms with E-state index >= 15 is 0 Å². The maximum atomic E-state index is 12.0. The number of non-ortho nitro benzene ring substituents is 1. The van der Waals surface area contributed by atoms with Crippen molar-refractivity contribution < 1.29 is 24.1 Å². The molecule has 0 saturated heterocycles. The van der Waals surface area contributed by atoms with E-state index in [4.69, 9.17) is 9.26 Å². The van der Waals surface area contributed by atoms with Gasteiger partial charge in [-0.1, -0.05) is 5.16 Å². The monoisotopic (exact) mass is 383 g/mol. The first kappa shape index (κ1) is 18.5. The van der Waals surface area contributed by atoms with Gasteiger partial charge in [-0.3, -0.25) is 14.9 Å². The third kappa shape index (κ3) is 4.09. The number of aromatic hydroxyl groups is 1. The second kappa shape index (κ2) is 7.95. The molecule has 3 aromatic rings. The highest BCUT2D eigenvalue weighted by Gasteiger charge is 2.16. The molecule has 2 aromatic carbocycles. The van der Waals surface area contributed by atoms with Crippen LogP contribution >= 0.6 is 0 Å². The summed E-state index contributed by atoms with van der Waals surface area (Å²) in [6, 6.07) is 10.0. The van der Waals surface area contributed by atoms with Crippen molar-refractivity contribution in [2.75, 3.05) is 7.11 Å². The van der Waals surface area contributed by atoms with Crippen molar-refractivity contribution in [3.8, 4) is 22.9 Å². The molecule has 3 rings (SSSR count). The fourth-order valence-corrected chi connectivity index (χ4v) is 2.15. The van der Waals surface area contributed by atoms with Crippen LogP contribution in [0.25, 0.3) is 11.4 Å². The number of nitro groups is 1. The van der Waals surface area contributed by atoms with Gasteiger partial charge in [0.15, 0.2) is 11.5 Å². The molecule has 1 amide bonds. The van der Waals surface area contributed by atoms with Gasteiger partial charge in [0.25, 0.3) is 5.69 Å². The summed E-state index contributed by atoms with van der Waals surface area (Å²) in [7, 11) is 1.41. The summed E-state index contributed by atoms with van der Waals surface area (Å²) >= 11 is 0. The van der Waals surface area contributed by atoms with Crippen molar-refractivity contribution in [3.05, 3.63) is 64.0 Å². The zero-order valence-electron chi connectivity index (χ0n) is 14.4. The minimum atomic E-state index is -0.734. The van der Waals surface area contributed by atoms with Crippen LogP contribution in [-0.4, -0.2) is 39.4 Å². The summed E-state index contributed by atoms with van der Waals surface area (Å²) in [5.74, 6) is -0.711. The van der Waals surface area contributed by atoms with Crippen LogP contribution in [0, 0.1) is 10.1 Å². The number of amides is 1. The van der Waals surface area contributed by atoms with Gasteiger partial charge in [-0.05, 0) is 35.9 Å². The van der Waals surface area contributed by atoms with E-state index < -0.39 is 10.8 Å². The largest absolute Gasteiger partial charge is 0.504 e. The normalized spacial score (nSPS) is 10.8. The van der Waals surface area contributed by atoms with Gasteiger partial charge in [-0.15, -0.1) is 0 Å². The third-order valence-electron chi connectivity index (χ3n) is 3.54. The number of phenolic OH excluding ortho intramolecular Hbond substituents is 1. The van der Waals surface area contributed by atoms with Crippen LogP contribution in [-0.2, 0) is 0 Å². The average molecular weight is 383 g/mol. The highest BCUT2D eigenvalue weighted by molar-refractivity contribution is 5.91. The Morgan fingerprint density at radius 1 is 1.32 bits per heavy atom. The summed E-state index contributed by atoms with van der Waals surface area (Å²) < 4.78 is 9.86. The molecule has 0 saturated carbocycles. The predicted molar refractivity (Wildman–Crippen MR) is 96.1 cm³/mol. The summed E-state index contributed by atoms with van der Waals surface area (Å²) in [6.45, 7) is 0. The first-order valence-corrected chi connectivity index (χ1v) is 7.77. The Bertz CT molecular complexity index is 1040. The van der Waals surface area contributed by atoms with E-state index in [-0.39, 0.29) is 28.9 Å². The topological polar surface area (TPSA) is 153 Å². The van der Waals surface area contributed by atoms with Gasteiger partial charge in [0.05, 0.1) is 18.2 Å². The van der Waals surface area contributed by atoms with E-state index in [1.165, 1.54) is 49.7 Å². The zero-order chi connectivity index (χ0) is 20.1. The lowest BCUT2D eigenvalue weighted by Crippen LogP contribution is -2.18. The van der Waals surface area contributed by atoms with E-state index in [0.717, 1.165) is 0 Å². The number of ether oxygens (including phenoxy) is 1. The highest BCUT2D eigenvalue weighted by Crippen LogP contribution is 2.25. The number of benzene rings is 2. The summed E-state index contributed by atoms with van der Waals surface area (Å²) in [6.07, 6.45) is 1.34. The Hall–Kier alpha value is -4.28. The van der Waals surface area contributed by atoms with Crippen LogP contribution in [0.2, 0.25) is 0 Å². The molecule has 11 nitrogen and oxygen atoms in total. The molecular formula is C17H13N5O6. The highest BCUT2D eigenvalue weighted by atomic mass is 16.6. The fourth-order valence-electron chi connectivity index (χ4n) is 2.15. The number of aromatic nitrogens is 2. The number of methoxy groups -OCH3 is 1. The first-order valence-electron chi connectivity index (χ1n) is 7.77. The molecule has 142 valence electrons. The molecule has 0 bridgehead atoms. The molecule has 0 aliphatic rings. The van der Waals surface area contributed by atoms with Crippen LogP contribution in [0.1, 0.15) is 16.2 Å². The number of hydrogen-bond donors (Lipinski definition) is 2. The molecule has 0 aliphatic carbocycles. The van der Waals surface area contributed by atoms with Crippen molar-refractivity contribution in [2.24, 2.45) is 5.10 Å². The number of nitro benzene ring substituents is 1. The number of rotatable bonds is 6. The smallest absolute Gasteiger partial charge is 0.329 e. The quantitative estimate of drug-likeness (QED) is 0.373. The molecule has 0 atom stereocenters. The Morgan fingerprint density at radius 3 is 2.75 bits per heavy atom. The van der Waals surface area contributed by atoms with Crippen molar-refractivity contribution in [1.82, 2.24) is 15.6 Å². The van der Waals surface area contributed by atoms with Gasteiger partial charge < -0.3 is 14.4 Å². The number of hydrazone groups is 1. The van der Waals surface area contributed by atoms with E-state index in [2.05, 4.69) is 20.7 Å². The number of carbonyl (C=O) groups excluding carboxylic acids is 1. The molecule has 0 aliphatic heterocycles. The van der Waals surface area contributed by atoms with Crippen LogP contribution < -0.4 is 10.2 Å². The summed E-state index contributed by atoms with van der Waals surface area (Å²) in [5, 5.41) is 27.6. The van der Waals surface area contributed by atoms with Gasteiger partial charge >= 0.3 is 11.8 Å². The Labute approximate surface area is 157 Å². The average Bonchev–Trinajstić information content (AvgIpc) is 3.19. The van der Waals surface area contributed by atoms with Gasteiger partial charge in [0.2, 0.25) is 5.82 Å². The number of phenols is 1. The molecule has 28 heavy (non-hydrogen) atoms. The van der Waals surface area contributed by atoms with Crippen LogP contribution in [0.3, 0.4) is 0 Å². The molecule has 0 fully saturated rings. The zero-order valence-corrected chi connectivity index (χ0v) is 14.4. The maximum Gasteiger partial charge on any atom is 0.329 e. The van der Waals surface area contributed by atoms with Crippen molar-refractivity contribution in [3.63, 3.8) is 0 Å². The Kier molecular flexibility index (Phi) is 5.25. The van der Waals surface area contributed by atoms with Crippen molar-refractivity contribution in [2.45, 2.75) is 0 Å². The standard InChI is InChI=1S/C17H13N5O6/c1-27-14-8-10(2-7-13(14)23)9-18-20-16(24)17-19-15(21-28-17)11-3-5-12(6-4-11)22(25)26/h2-9,23H,1H3,(H,20,24)/b18-9+. The van der Waals surface area contributed by atoms with Gasteiger partial charge in [-0.25, -0.2) is 5.43 Å². The summed E-state index contributed by atoms with van der Waals surface area (Å²) in [5.41, 5.74) is 3.18. The van der Waals surface area contributed by atoms with E-state index in [1.54, 1.807) is 6.07 Å². The number of hydrogen-bond acceptors (Lipinski definition) is 9. The minimum Gasteiger partial charge on any atom is -0.504 e. The molecule has 2 N–H and O–H groups in total. The van der Waals surface area contributed by atoms with Crippen molar-refractivity contribution in [1.29, 1.82) is 0 Å².